The fourth-order valence-electron chi connectivity index (χ4n) is 2.99. The van der Waals surface area contributed by atoms with Gasteiger partial charge in [0.15, 0.2) is 0 Å². The zero-order valence-electron chi connectivity index (χ0n) is 11.4. The van der Waals surface area contributed by atoms with Gasteiger partial charge in [-0.2, -0.15) is 0 Å². The molecule has 0 bridgehead atoms. The Hall–Kier alpha value is -0.430. The van der Waals surface area contributed by atoms with E-state index >= 15 is 0 Å². The minimum absolute atomic E-state index is 0.0419. The van der Waals surface area contributed by atoms with Crippen molar-refractivity contribution in [2.45, 2.75) is 24.8 Å². The number of hydrogen-bond donors (Lipinski definition) is 1. The summed E-state index contributed by atoms with van der Waals surface area (Å²) < 4.78 is 6.40. The van der Waals surface area contributed by atoms with Crippen molar-refractivity contribution < 1.29 is 9.53 Å². The van der Waals surface area contributed by atoms with Crippen LogP contribution in [-0.2, 0) is 4.74 Å². The minimum atomic E-state index is 0.0419. The summed E-state index contributed by atoms with van der Waals surface area (Å²) in [5.74, 6) is 0.0419. The predicted molar refractivity (Wildman–Crippen MR) is 83.3 cm³/mol. The van der Waals surface area contributed by atoms with Crippen LogP contribution in [0.5, 0.6) is 0 Å². The third kappa shape index (κ3) is 2.93. The number of thiophene rings is 1. The van der Waals surface area contributed by atoms with E-state index in [1.54, 1.807) is 0 Å². The molecule has 20 heavy (non-hydrogen) atoms. The van der Waals surface area contributed by atoms with E-state index in [-0.39, 0.29) is 11.4 Å². The molecule has 1 saturated heterocycles. The monoisotopic (exact) mass is 358 g/mol. The maximum absolute atomic E-state index is 12.2. The normalized spacial score (nSPS) is 22.2. The van der Waals surface area contributed by atoms with Crippen LogP contribution in [0.15, 0.2) is 15.9 Å². The first-order valence-corrected chi connectivity index (χ1v) is 8.72. The first kappa shape index (κ1) is 14.5. The first-order chi connectivity index (χ1) is 9.70. The molecule has 1 aliphatic heterocycles. The van der Waals surface area contributed by atoms with Crippen LogP contribution < -0.4 is 5.32 Å². The number of carbonyl (C=O) groups is 1. The molecule has 1 aromatic rings. The maximum atomic E-state index is 12.2. The molecule has 4 nitrogen and oxygen atoms in total. The molecule has 0 spiro atoms. The van der Waals surface area contributed by atoms with Crippen LogP contribution in [0, 0.1) is 0 Å². The van der Waals surface area contributed by atoms with Gasteiger partial charge < -0.3 is 10.1 Å². The third-order valence-electron chi connectivity index (χ3n) is 4.34. The molecule has 6 heteroatoms. The van der Waals surface area contributed by atoms with Gasteiger partial charge in [-0.1, -0.05) is 0 Å². The number of carbonyl (C=O) groups excluding carboxylic acids is 1. The molecule has 3 rings (SSSR count). The molecule has 110 valence electrons. The summed E-state index contributed by atoms with van der Waals surface area (Å²) in [5.41, 5.74) is 0.175. The second-order valence-corrected chi connectivity index (χ2v) is 7.32. The standard InChI is InChI=1S/C14H19BrN2O2S/c15-11-8-12(20-9-11)13(18)16-10-14(2-1-3-14)17-4-6-19-7-5-17/h8-9H,1-7,10H2,(H,16,18). The molecule has 0 atom stereocenters. The lowest BCUT2D eigenvalue weighted by Gasteiger charge is -2.51. The van der Waals surface area contributed by atoms with Crippen molar-refractivity contribution >= 4 is 33.2 Å². The van der Waals surface area contributed by atoms with Gasteiger partial charge in [-0.15, -0.1) is 11.3 Å². The van der Waals surface area contributed by atoms with Gasteiger partial charge in [0.25, 0.3) is 5.91 Å². The van der Waals surface area contributed by atoms with E-state index in [9.17, 15) is 4.79 Å². The van der Waals surface area contributed by atoms with Crippen molar-refractivity contribution in [3.63, 3.8) is 0 Å². The van der Waals surface area contributed by atoms with Gasteiger partial charge in [0.2, 0.25) is 0 Å². The quantitative estimate of drug-likeness (QED) is 0.898. The van der Waals surface area contributed by atoms with Crippen LogP contribution in [0.4, 0.5) is 0 Å². The molecule has 2 fully saturated rings. The van der Waals surface area contributed by atoms with E-state index < -0.39 is 0 Å². The molecule has 2 heterocycles. The number of hydrogen-bond acceptors (Lipinski definition) is 4. The summed E-state index contributed by atoms with van der Waals surface area (Å²) >= 11 is 4.86. The van der Waals surface area contributed by atoms with Crippen LogP contribution >= 0.6 is 27.3 Å². The summed E-state index contributed by atoms with van der Waals surface area (Å²) in [5, 5.41) is 5.06. The zero-order chi connectivity index (χ0) is 14.0. The van der Waals surface area contributed by atoms with Gasteiger partial charge >= 0.3 is 0 Å². The van der Waals surface area contributed by atoms with E-state index in [0.717, 1.165) is 42.2 Å². The number of amides is 1. The van der Waals surface area contributed by atoms with Crippen LogP contribution in [0.3, 0.4) is 0 Å². The van der Waals surface area contributed by atoms with Crippen molar-refractivity contribution in [1.82, 2.24) is 10.2 Å². The topological polar surface area (TPSA) is 41.6 Å². The van der Waals surface area contributed by atoms with Crippen molar-refractivity contribution in [1.29, 1.82) is 0 Å². The Morgan fingerprint density at radius 1 is 1.45 bits per heavy atom. The average molecular weight is 359 g/mol. The Labute approximate surface area is 131 Å². The Kier molecular flexibility index (Phi) is 4.45. The number of morpholine rings is 1. The lowest BCUT2D eigenvalue weighted by molar-refractivity contribution is -0.0540. The summed E-state index contributed by atoms with van der Waals surface area (Å²) in [4.78, 5) is 15.4. The average Bonchev–Trinajstić information content (AvgIpc) is 2.85. The number of rotatable bonds is 4. The fraction of sp³-hybridized carbons (Fsp3) is 0.643. The number of nitrogens with zero attached hydrogens (tertiary/aromatic N) is 1. The summed E-state index contributed by atoms with van der Waals surface area (Å²) in [6, 6.07) is 1.88. The summed E-state index contributed by atoms with van der Waals surface area (Å²) in [7, 11) is 0. The molecule has 0 unspecified atom stereocenters. The van der Waals surface area contributed by atoms with Crippen molar-refractivity contribution in [2.75, 3.05) is 32.8 Å². The van der Waals surface area contributed by atoms with Crippen LogP contribution in [0.2, 0.25) is 0 Å². The molecule has 2 aliphatic rings. The predicted octanol–water partition coefficient (Wildman–Crippen LogP) is 2.50. The Bertz CT molecular complexity index is 481. The smallest absolute Gasteiger partial charge is 0.261 e. The Balaban J connectivity index is 1.59. The van der Waals surface area contributed by atoms with Crippen molar-refractivity contribution in [3.8, 4) is 0 Å². The highest BCUT2D eigenvalue weighted by Gasteiger charge is 2.43. The van der Waals surface area contributed by atoms with Crippen LogP contribution in [0.25, 0.3) is 0 Å². The van der Waals surface area contributed by atoms with Gasteiger partial charge in [-0.05, 0) is 41.3 Å². The molecular weight excluding hydrogens is 340 g/mol. The van der Waals surface area contributed by atoms with Crippen molar-refractivity contribution in [3.05, 3.63) is 20.8 Å². The highest BCUT2D eigenvalue weighted by molar-refractivity contribution is 9.10. The largest absolute Gasteiger partial charge is 0.379 e. The van der Waals surface area contributed by atoms with E-state index in [2.05, 4.69) is 26.1 Å². The molecule has 0 aromatic carbocycles. The van der Waals surface area contributed by atoms with E-state index in [1.807, 2.05) is 11.4 Å². The van der Waals surface area contributed by atoms with Gasteiger partial charge in [-0.25, -0.2) is 0 Å². The third-order valence-corrected chi connectivity index (χ3v) is 6.03. The van der Waals surface area contributed by atoms with Gasteiger partial charge in [0.1, 0.15) is 0 Å². The molecule has 1 aliphatic carbocycles. The maximum Gasteiger partial charge on any atom is 0.261 e. The van der Waals surface area contributed by atoms with Gasteiger partial charge in [0.05, 0.1) is 18.1 Å². The van der Waals surface area contributed by atoms with Gasteiger partial charge in [0, 0.05) is 35.0 Å². The second kappa shape index (κ2) is 6.13. The Morgan fingerprint density at radius 2 is 2.20 bits per heavy atom. The minimum Gasteiger partial charge on any atom is -0.379 e. The lowest BCUT2D eigenvalue weighted by atomic mass is 9.75. The van der Waals surface area contributed by atoms with Crippen molar-refractivity contribution in [2.24, 2.45) is 0 Å². The molecule has 0 radical (unpaired) electrons. The fourth-order valence-corrected chi connectivity index (χ4v) is 4.33. The molecule has 1 saturated carbocycles. The second-order valence-electron chi connectivity index (χ2n) is 5.49. The number of nitrogens with one attached hydrogen (secondary N) is 1. The highest BCUT2D eigenvalue weighted by atomic mass is 79.9. The number of ether oxygens (including phenoxy) is 1. The zero-order valence-corrected chi connectivity index (χ0v) is 13.8. The van der Waals surface area contributed by atoms with Gasteiger partial charge in [-0.3, -0.25) is 9.69 Å². The van der Waals surface area contributed by atoms with Crippen LogP contribution in [-0.4, -0.2) is 49.2 Å². The highest BCUT2D eigenvalue weighted by Crippen LogP contribution is 2.37. The van der Waals surface area contributed by atoms with Crippen LogP contribution in [0.1, 0.15) is 28.9 Å². The molecular formula is C14H19BrN2O2S. The molecule has 1 aromatic heterocycles. The van der Waals surface area contributed by atoms with E-state index in [0.29, 0.717) is 0 Å². The number of halogens is 1. The summed E-state index contributed by atoms with van der Waals surface area (Å²) in [6.07, 6.45) is 3.63. The molecule has 1 amide bonds. The Morgan fingerprint density at radius 3 is 2.75 bits per heavy atom. The van der Waals surface area contributed by atoms with E-state index in [1.165, 1.54) is 30.6 Å². The first-order valence-electron chi connectivity index (χ1n) is 7.05. The van der Waals surface area contributed by atoms with E-state index in [4.69, 9.17) is 4.74 Å². The molecule has 1 N–H and O–H groups in total. The summed E-state index contributed by atoms with van der Waals surface area (Å²) in [6.45, 7) is 4.35. The lowest BCUT2D eigenvalue weighted by Crippen LogP contribution is -2.62. The SMILES string of the molecule is O=C(NCC1(N2CCOCC2)CCC1)c1cc(Br)cs1.